The van der Waals surface area contributed by atoms with Crippen LogP contribution in [0.15, 0.2) is 57.9 Å². The highest BCUT2D eigenvalue weighted by atomic mass is 32.2. The third kappa shape index (κ3) is 5.24. The Hall–Kier alpha value is -3.65. The number of anilines is 1. The van der Waals surface area contributed by atoms with Crippen molar-refractivity contribution in [1.82, 2.24) is 0 Å². The van der Waals surface area contributed by atoms with E-state index < -0.39 is 60.0 Å². The van der Waals surface area contributed by atoms with Crippen LogP contribution in [0.5, 0.6) is 0 Å². The summed E-state index contributed by atoms with van der Waals surface area (Å²) in [6.07, 6.45) is 2.87. The molecule has 6 N–H and O–H groups in total. The van der Waals surface area contributed by atoms with Gasteiger partial charge in [0, 0.05) is 24.2 Å². The third-order valence-corrected chi connectivity index (χ3v) is 9.53. The van der Waals surface area contributed by atoms with Crippen molar-refractivity contribution >= 4 is 43.4 Å². The maximum absolute atomic E-state index is 12.7. The van der Waals surface area contributed by atoms with E-state index in [0.717, 1.165) is 0 Å². The average Bonchev–Trinajstić information content (AvgIpc) is 2.84. The van der Waals surface area contributed by atoms with Crippen LogP contribution in [0, 0.1) is 17.2 Å². The number of rotatable bonds is 8. The van der Waals surface area contributed by atoms with Crippen LogP contribution in [0.3, 0.4) is 0 Å². The summed E-state index contributed by atoms with van der Waals surface area (Å²) in [4.78, 5) is 23.6. The number of benzene rings is 2. The van der Waals surface area contributed by atoms with Crippen molar-refractivity contribution in [2.75, 3.05) is 5.73 Å². The number of carboxylic acid groups (broad SMARTS) is 1. The van der Waals surface area contributed by atoms with Crippen LogP contribution >= 0.6 is 0 Å². The molecule has 40 heavy (non-hydrogen) atoms. The van der Waals surface area contributed by atoms with E-state index in [1.807, 2.05) is 6.92 Å². The van der Waals surface area contributed by atoms with Gasteiger partial charge >= 0.3 is 5.97 Å². The molecule has 11 nitrogen and oxygen atoms in total. The van der Waals surface area contributed by atoms with Gasteiger partial charge in [-0.15, -0.1) is 0 Å². The molecule has 0 spiro atoms. The Labute approximate surface area is 231 Å². The van der Waals surface area contributed by atoms with Crippen molar-refractivity contribution in [2.24, 2.45) is 11.8 Å². The molecule has 2 aromatic rings. The van der Waals surface area contributed by atoms with E-state index in [1.54, 1.807) is 6.92 Å². The van der Waals surface area contributed by atoms with Gasteiger partial charge in [-0.3, -0.25) is 19.3 Å². The zero-order valence-corrected chi connectivity index (χ0v) is 23.2. The molecule has 0 aromatic heterocycles. The van der Waals surface area contributed by atoms with Crippen LogP contribution in [-0.2, 0) is 37.9 Å². The number of Topliss-reactive ketones (excluding diaryl/α,β-unsaturated/α-hetero) is 1. The van der Waals surface area contributed by atoms with Crippen LogP contribution < -0.4 is 5.73 Å². The normalized spacial score (nSPS) is 19.6. The number of carbonyl (C=O) groups is 2. The van der Waals surface area contributed by atoms with Gasteiger partial charge in [-0.05, 0) is 58.9 Å². The van der Waals surface area contributed by atoms with Gasteiger partial charge in [0.25, 0.3) is 20.2 Å². The molecular formula is C27H28N2O9S2. The lowest BCUT2D eigenvalue weighted by molar-refractivity contribution is -0.121. The first-order valence-electron chi connectivity index (χ1n) is 12.3. The number of aromatic carboxylic acids is 1. The van der Waals surface area contributed by atoms with Crippen molar-refractivity contribution in [3.05, 3.63) is 80.8 Å². The number of allylic oxidation sites excluding steroid dienone is 4. The van der Waals surface area contributed by atoms with Crippen molar-refractivity contribution < 1.29 is 40.6 Å². The lowest BCUT2D eigenvalue weighted by Crippen LogP contribution is -2.32. The summed E-state index contributed by atoms with van der Waals surface area (Å²) in [6, 6.07) is 7.08. The minimum absolute atomic E-state index is 0.00358. The molecular weight excluding hydrogens is 560 g/mol. The van der Waals surface area contributed by atoms with Crippen LogP contribution in [-0.4, -0.2) is 48.5 Å². The van der Waals surface area contributed by atoms with Crippen molar-refractivity contribution in [2.45, 2.75) is 43.9 Å². The lowest BCUT2D eigenvalue weighted by Gasteiger charge is -2.38. The van der Waals surface area contributed by atoms with Gasteiger partial charge in [0.05, 0.1) is 17.0 Å². The van der Waals surface area contributed by atoms with Crippen LogP contribution in [0.25, 0.3) is 0 Å². The highest BCUT2D eigenvalue weighted by molar-refractivity contribution is 7.91. The minimum Gasteiger partial charge on any atom is -0.478 e. The molecule has 3 unspecified atom stereocenters. The standard InChI is InChI=1S/C27H28N2O9S2/c1-3-13(2)23(30)11-14-4-5-17(27(31)32)18(10-14)24-15-6-8-21(28)25(39(33,34)35)19(15)12-20-16(24)7-9-22(29)26(20)40(36,37)38/h4-10,13,15,24,28H,3,11-12,29H2,1-2H3,(H,31,32)(H,33,34,35)(H,36,37,38). The SMILES string of the molecule is CCC(C)C(=O)Cc1ccc(C(=O)O)c(C2c3ccc(N)c(S(=O)(=O)O)c3CC3=C(S(=O)(=O)O)C(=N)C=CC32)c1. The summed E-state index contributed by atoms with van der Waals surface area (Å²) >= 11 is 0. The zero-order valence-electron chi connectivity index (χ0n) is 21.6. The van der Waals surface area contributed by atoms with Gasteiger partial charge < -0.3 is 10.8 Å². The van der Waals surface area contributed by atoms with E-state index >= 15 is 0 Å². The smallest absolute Gasteiger partial charge is 0.335 e. The average molecular weight is 589 g/mol. The molecule has 0 aliphatic heterocycles. The Balaban J connectivity index is 2.10. The molecule has 0 saturated carbocycles. The van der Waals surface area contributed by atoms with Gasteiger partial charge in [-0.25, -0.2) is 4.79 Å². The molecule has 2 aromatic carbocycles. The summed E-state index contributed by atoms with van der Waals surface area (Å²) in [5.74, 6) is -3.58. The van der Waals surface area contributed by atoms with Crippen molar-refractivity contribution in [3.8, 4) is 0 Å². The first kappa shape index (κ1) is 29.3. The number of nitrogen functional groups attached to an aromatic ring is 1. The van der Waals surface area contributed by atoms with Gasteiger partial charge in [0.15, 0.2) is 0 Å². The number of nitrogens with two attached hydrogens (primary N) is 1. The minimum atomic E-state index is -4.98. The fraction of sp³-hybridized carbons (Fsp3) is 0.296. The van der Waals surface area contributed by atoms with Crippen molar-refractivity contribution in [1.29, 1.82) is 5.41 Å². The van der Waals surface area contributed by atoms with E-state index in [-0.39, 0.29) is 51.6 Å². The molecule has 13 heteroatoms. The number of hydrogen-bond donors (Lipinski definition) is 5. The van der Waals surface area contributed by atoms with Gasteiger partial charge in [0.1, 0.15) is 15.6 Å². The second-order valence-electron chi connectivity index (χ2n) is 9.99. The monoisotopic (exact) mass is 588 g/mol. The van der Waals surface area contributed by atoms with E-state index in [0.29, 0.717) is 12.0 Å². The molecule has 4 rings (SSSR count). The van der Waals surface area contributed by atoms with Gasteiger partial charge in [-0.1, -0.05) is 38.1 Å². The molecule has 0 heterocycles. The number of nitrogens with one attached hydrogen (secondary N) is 1. The molecule has 212 valence electrons. The molecule has 0 radical (unpaired) electrons. The summed E-state index contributed by atoms with van der Waals surface area (Å²) in [7, 11) is -9.92. The van der Waals surface area contributed by atoms with E-state index in [1.165, 1.54) is 42.5 Å². The fourth-order valence-electron chi connectivity index (χ4n) is 5.49. The Kier molecular flexibility index (Phi) is 7.62. The van der Waals surface area contributed by atoms with Crippen LogP contribution in [0.2, 0.25) is 0 Å². The summed E-state index contributed by atoms with van der Waals surface area (Å²) in [5.41, 5.74) is 5.66. The van der Waals surface area contributed by atoms with Crippen LogP contribution in [0.4, 0.5) is 5.69 Å². The predicted molar refractivity (Wildman–Crippen MR) is 147 cm³/mol. The topological polar surface area (TPSA) is 213 Å². The summed E-state index contributed by atoms with van der Waals surface area (Å²) in [5, 5.41) is 18.2. The Morgan fingerprint density at radius 2 is 1.75 bits per heavy atom. The Morgan fingerprint density at radius 3 is 2.33 bits per heavy atom. The Morgan fingerprint density at radius 1 is 1.07 bits per heavy atom. The van der Waals surface area contributed by atoms with Gasteiger partial charge in [-0.2, -0.15) is 16.8 Å². The number of carboxylic acids is 1. The second-order valence-corrected chi connectivity index (χ2v) is 12.7. The fourth-order valence-corrected chi connectivity index (χ4v) is 7.25. The second kappa shape index (κ2) is 10.4. The maximum Gasteiger partial charge on any atom is 0.335 e. The number of hydrogen-bond acceptors (Lipinski definition) is 8. The van der Waals surface area contributed by atoms with E-state index in [2.05, 4.69) is 0 Å². The number of fused-ring (bicyclic) bond motifs is 2. The van der Waals surface area contributed by atoms with Gasteiger partial charge in [0.2, 0.25) is 0 Å². The lowest BCUT2D eigenvalue weighted by atomic mass is 9.66. The first-order chi connectivity index (χ1) is 18.6. The molecule has 3 atom stereocenters. The van der Waals surface area contributed by atoms with E-state index in [4.69, 9.17) is 11.1 Å². The molecule has 2 aliphatic rings. The Bertz CT molecular complexity index is 1740. The van der Waals surface area contributed by atoms with Crippen molar-refractivity contribution in [3.63, 3.8) is 0 Å². The predicted octanol–water partition coefficient (Wildman–Crippen LogP) is 3.41. The molecule has 0 amide bonds. The van der Waals surface area contributed by atoms with Crippen LogP contribution in [0.1, 0.15) is 58.8 Å². The van der Waals surface area contributed by atoms with E-state index in [9.17, 15) is 40.6 Å². The molecule has 0 fully saturated rings. The highest BCUT2D eigenvalue weighted by Gasteiger charge is 2.43. The maximum atomic E-state index is 12.7. The largest absolute Gasteiger partial charge is 0.478 e. The molecule has 0 bridgehead atoms. The quantitative estimate of drug-likeness (QED) is 0.224. The molecule has 0 saturated heterocycles. The number of carbonyl (C=O) groups excluding carboxylic acids is 1. The summed E-state index contributed by atoms with van der Waals surface area (Å²) < 4.78 is 69.7. The highest BCUT2D eigenvalue weighted by Crippen LogP contribution is 2.50. The summed E-state index contributed by atoms with van der Waals surface area (Å²) in [6.45, 7) is 3.65. The third-order valence-electron chi connectivity index (χ3n) is 7.54. The molecule has 2 aliphatic carbocycles. The zero-order chi connectivity index (χ0) is 29.7. The first-order valence-corrected chi connectivity index (χ1v) is 15.2. The number of ketones is 1.